The van der Waals surface area contributed by atoms with Crippen LogP contribution in [0.15, 0.2) is 52.2 Å². The summed E-state index contributed by atoms with van der Waals surface area (Å²) in [5, 5.41) is 8.81. The monoisotopic (exact) mass is 360 g/mol. The predicted octanol–water partition coefficient (Wildman–Crippen LogP) is 2.96. The normalized spacial score (nSPS) is 10.8. The maximum atomic E-state index is 13.2. The highest BCUT2D eigenvalue weighted by atomic mass is 32.2. The van der Waals surface area contributed by atoms with E-state index >= 15 is 0 Å². The Bertz CT molecular complexity index is 863. The highest BCUT2D eigenvalue weighted by Gasteiger charge is 2.16. The van der Waals surface area contributed by atoms with E-state index in [-0.39, 0.29) is 17.5 Å². The van der Waals surface area contributed by atoms with E-state index in [0.29, 0.717) is 23.3 Å². The quantitative estimate of drug-likeness (QED) is 0.633. The predicted molar refractivity (Wildman–Crippen MR) is 92.3 cm³/mol. The first-order valence-corrected chi connectivity index (χ1v) is 8.57. The second-order valence-corrected chi connectivity index (χ2v) is 6.45. The average molecular weight is 360 g/mol. The molecule has 1 amide bonds. The molecule has 8 heteroatoms. The van der Waals surface area contributed by atoms with Crippen LogP contribution in [0.25, 0.3) is 11.6 Å². The number of aromatic nitrogens is 3. The molecule has 3 rings (SSSR count). The van der Waals surface area contributed by atoms with Gasteiger partial charge in [-0.3, -0.25) is 4.79 Å². The molecular weight excluding hydrogens is 343 g/mol. The molecule has 3 aromatic rings. The highest BCUT2D eigenvalue weighted by molar-refractivity contribution is 7.99. The number of hydrogen-bond acceptors (Lipinski definition) is 5. The van der Waals surface area contributed by atoms with Crippen molar-refractivity contribution in [3.8, 4) is 11.6 Å². The number of hydrogen-bond donors (Lipinski definition) is 0. The lowest BCUT2D eigenvalue weighted by atomic mass is 10.2. The fraction of sp³-hybridized carbons (Fsp3) is 0.235. The maximum Gasteiger partial charge on any atom is 0.233 e. The summed E-state index contributed by atoms with van der Waals surface area (Å²) in [6, 6.07) is 9.81. The van der Waals surface area contributed by atoms with Gasteiger partial charge in [0.05, 0.1) is 12.0 Å². The second kappa shape index (κ2) is 7.52. The van der Waals surface area contributed by atoms with Crippen LogP contribution in [0, 0.1) is 5.82 Å². The van der Waals surface area contributed by atoms with Gasteiger partial charge >= 0.3 is 0 Å². The first-order valence-electron chi connectivity index (χ1n) is 7.59. The summed E-state index contributed by atoms with van der Waals surface area (Å²) >= 11 is 1.30. The number of rotatable bonds is 6. The molecule has 0 atom stereocenters. The van der Waals surface area contributed by atoms with E-state index in [9.17, 15) is 9.18 Å². The summed E-state index contributed by atoms with van der Waals surface area (Å²) in [6.45, 7) is 0.355. The molecule has 0 aliphatic rings. The Hall–Kier alpha value is -2.61. The van der Waals surface area contributed by atoms with Gasteiger partial charge in [-0.25, -0.2) is 4.39 Å². The average Bonchev–Trinajstić information content (AvgIpc) is 3.22. The lowest BCUT2D eigenvalue weighted by Gasteiger charge is -2.17. The third-order valence-corrected chi connectivity index (χ3v) is 4.64. The summed E-state index contributed by atoms with van der Waals surface area (Å²) in [4.78, 5) is 13.8. The molecule has 25 heavy (non-hydrogen) atoms. The van der Waals surface area contributed by atoms with Crippen molar-refractivity contribution in [3.63, 3.8) is 0 Å². The Morgan fingerprint density at radius 2 is 2.16 bits per heavy atom. The molecular formula is C17H17FN4O2S. The molecule has 0 saturated heterocycles. The Morgan fingerprint density at radius 3 is 2.88 bits per heavy atom. The van der Waals surface area contributed by atoms with Crippen LogP contribution >= 0.6 is 11.8 Å². The van der Waals surface area contributed by atoms with Crippen LogP contribution in [0.2, 0.25) is 0 Å². The molecule has 6 nitrogen and oxygen atoms in total. The molecule has 0 radical (unpaired) electrons. The first kappa shape index (κ1) is 17.2. The number of carbonyl (C=O) groups excluding carboxylic acids is 1. The summed E-state index contributed by atoms with van der Waals surface area (Å²) in [6.07, 6.45) is 1.57. The summed E-state index contributed by atoms with van der Waals surface area (Å²) in [5.41, 5.74) is 0.750. The van der Waals surface area contributed by atoms with Crippen LogP contribution in [0.3, 0.4) is 0 Å². The van der Waals surface area contributed by atoms with Crippen molar-refractivity contribution < 1.29 is 13.6 Å². The van der Waals surface area contributed by atoms with Crippen molar-refractivity contribution in [3.05, 3.63) is 54.0 Å². The third-order valence-electron chi connectivity index (χ3n) is 3.64. The summed E-state index contributed by atoms with van der Waals surface area (Å²) in [7, 11) is 3.51. The summed E-state index contributed by atoms with van der Waals surface area (Å²) in [5.74, 6) is 1.06. The summed E-state index contributed by atoms with van der Waals surface area (Å²) < 4.78 is 20.3. The fourth-order valence-corrected chi connectivity index (χ4v) is 3.15. The van der Waals surface area contributed by atoms with Crippen LogP contribution in [0.4, 0.5) is 4.39 Å². The van der Waals surface area contributed by atoms with E-state index in [2.05, 4.69) is 10.2 Å². The molecule has 2 aromatic heterocycles. The zero-order valence-corrected chi connectivity index (χ0v) is 14.7. The molecule has 1 aromatic carbocycles. The van der Waals surface area contributed by atoms with Crippen molar-refractivity contribution in [1.82, 2.24) is 19.7 Å². The van der Waals surface area contributed by atoms with E-state index in [4.69, 9.17) is 4.42 Å². The molecule has 0 aliphatic heterocycles. The van der Waals surface area contributed by atoms with Gasteiger partial charge < -0.3 is 13.9 Å². The van der Waals surface area contributed by atoms with Crippen LogP contribution in [0.5, 0.6) is 0 Å². The standard InChI is InChI=1S/C17H17FN4O2S/c1-21(10-12-5-3-6-13(18)9-12)15(23)11-25-17-20-19-16(22(17)2)14-7-4-8-24-14/h3-9H,10-11H2,1-2H3. The minimum Gasteiger partial charge on any atom is -0.461 e. The van der Waals surface area contributed by atoms with Crippen molar-refractivity contribution in [2.75, 3.05) is 12.8 Å². The number of nitrogens with zero attached hydrogens (tertiary/aromatic N) is 4. The molecule has 0 spiro atoms. The Morgan fingerprint density at radius 1 is 1.32 bits per heavy atom. The largest absolute Gasteiger partial charge is 0.461 e. The van der Waals surface area contributed by atoms with Crippen molar-refractivity contribution in [2.24, 2.45) is 7.05 Å². The number of furan rings is 1. The van der Waals surface area contributed by atoms with Crippen molar-refractivity contribution >= 4 is 17.7 Å². The maximum absolute atomic E-state index is 13.2. The van der Waals surface area contributed by atoms with Crippen molar-refractivity contribution in [1.29, 1.82) is 0 Å². The molecule has 0 N–H and O–H groups in total. The van der Waals surface area contributed by atoms with Gasteiger partial charge in [0.15, 0.2) is 16.7 Å². The third kappa shape index (κ3) is 4.08. The highest BCUT2D eigenvalue weighted by Crippen LogP contribution is 2.23. The van der Waals surface area contributed by atoms with Crippen LogP contribution in [-0.2, 0) is 18.4 Å². The Balaban J connectivity index is 1.59. The molecule has 130 valence electrons. The van der Waals surface area contributed by atoms with Gasteiger partial charge in [0.1, 0.15) is 5.82 Å². The van der Waals surface area contributed by atoms with Gasteiger partial charge in [-0.05, 0) is 29.8 Å². The van der Waals surface area contributed by atoms with E-state index in [1.807, 2.05) is 7.05 Å². The first-order chi connectivity index (χ1) is 12.0. The van der Waals surface area contributed by atoms with Gasteiger partial charge in [-0.1, -0.05) is 23.9 Å². The molecule has 0 aliphatic carbocycles. The van der Waals surface area contributed by atoms with E-state index in [1.54, 1.807) is 47.0 Å². The Kier molecular flexibility index (Phi) is 5.18. The van der Waals surface area contributed by atoms with Crippen LogP contribution < -0.4 is 0 Å². The van der Waals surface area contributed by atoms with E-state index in [0.717, 1.165) is 5.56 Å². The number of amides is 1. The SMILES string of the molecule is CN(Cc1cccc(F)c1)C(=O)CSc1nnc(-c2ccco2)n1C. The number of thioether (sulfide) groups is 1. The number of benzene rings is 1. The zero-order valence-electron chi connectivity index (χ0n) is 13.8. The lowest BCUT2D eigenvalue weighted by Crippen LogP contribution is -2.27. The topological polar surface area (TPSA) is 64.2 Å². The van der Waals surface area contributed by atoms with Gasteiger partial charge in [-0.2, -0.15) is 0 Å². The fourth-order valence-electron chi connectivity index (χ4n) is 2.29. The minimum absolute atomic E-state index is 0.0724. The smallest absolute Gasteiger partial charge is 0.233 e. The molecule has 0 saturated carbocycles. The zero-order chi connectivity index (χ0) is 17.8. The molecule has 0 bridgehead atoms. The van der Waals surface area contributed by atoms with E-state index in [1.165, 1.54) is 23.9 Å². The van der Waals surface area contributed by atoms with E-state index < -0.39 is 0 Å². The number of halogens is 1. The molecule has 2 heterocycles. The lowest BCUT2D eigenvalue weighted by molar-refractivity contribution is -0.127. The van der Waals surface area contributed by atoms with Crippen LogP contribution in [0.1, 0.15) is 5.56 Å². The molecule has 0 unspecified atom stereocenters. The minimum atomic E-state index is -0.308. The van der Waals surface area contributed by atoms with Crippen molar-refractivity contribution in [2.45, 2.75) is 11.7 Å². The number of carbonyl (C=O) groups is 1. The second-order valence-electron chi connectivity index (χ2n) is 5.51. The van der Waals surface area contributed by atoms with Crippen LogP contribution in [-0.4, -0.2) is 38.4 Å². The van der Waals surface area contributed by atoms with Gasteiger partial charge in [0.2, 0.25) is 5.91 Å². The van der Waals surface area contributed by atoms with Gasteiger partial charge in [-0.15, -0.1) is 10.2 Å². The van der Waals surface area contributed by atoms with Gasteiger partial charge in [0.25, 0.3) is 0 Å². The molecule has 0 fully saturated rings. The Labute approximate surface area is 148 Å². The van der Waals surface area contributed by atoms with Gasteiger partial charge in [0, 0.05) is 20.6 Å².